The van der Waals surface area contributed by atoms with Crippen molar-refractivity contribution in [1.82, 2.24) is 5.32 Å². The highest BCUT2D eigenvalue weighted by molar-refractivity contribution is 7.17. The van der Waals surface area contributed by atoms with Crippen LogP contribution in [-0.2, 0) is 0 Å². The van der Waals surface area contributed by atoms with E-state index in [-0.39, 0.29) is 5.38 Å². The van der Waals surface area contributed by atoms with E-state index in [0.29, 0.717) is 6.04 Å². The van der Waals surface area contributed by atoms with E-state index < -0.39 is 0 Å². The Hall–Kier alpha value is -0.570. The molecule has 2 rings (SSSR count). The first-order valence-corrected chi connectivity index (χ1v) is 6.88. The van der Waals surface area contributed by atoms with Crippen LogP contribution in [0.5, 0.6) is 0 Å². The molecule has 2 unspecified atom stereocenters. The molecule has 0 saturated heterocycles. The number of thiophene rings is 1. The molecule has 0 radical (unpaired) electrons. The number of likely N-dealkylation sites (N-methyl/N-ethyl adjacent to an activating group) is 1. The Bertz CT molecular complexity index is 466. The number of halogens is 1. The Morgan fingerprint density at radius 2 is 2.19 bits per heavy atom. The Balaban J connectivity index is 2.24. The molecule has 3 heteroatoms. The summed E-state index contributed by atoms with van der Waals surface area (Å²) in [6.07, 6.45) is 0. The molecule has 86 valence electrons. The monoisotopic (exact) mass is 253 g/mol. The Morgan fingerprint density at radius 3 is 2.94 bits per heavy atom. The summed E-state index contributed by atoms with van der Waals surface area (Å²) in [5.74, 6) is 0. The van der Waals surface area contributed by atoms with Gasteiger partial charge >= 0.3 is 0 Å². The molecule has 0 amide bonds. The first-order chi connectivity index (χ1) is 7.72. The van der Waals surface area contributed by atoms with Gasteiger partial charge in [-0.1, -0.05) is 13.0 Å². The van der Waals surface area contributed by atoms with Gasteiger partial charge < -0.3 is 5.32 Å². The van der Waals surface area contributed by atoms with Gasteiger partial charge in [-0.15, -0.1) is 22.9 Å². The number of nitrogens with one attached hydrogen (secondary N) is 1. The summed E-state index contributed by atoms with van der Waals surface area (Å²) in [5.41, 5.74) is 1.20. The zero-order valence-electron chi connectivity index (χ0n) is 9.53. The third-order valence-corrected chi connectivity index (χ3v) is 4.29. The minimum atomic E-state index is 0.0317. The van der Waals surface area contributed by atoms with Gasteiger partial charge in [0.15, 0.2) is 0 Å². The third-order valence-electron chi connectivity index (χ3n) is 2.76. The average Bonchev–Trinajstić information content (AvgIpc) is 2.75. The van der Waals surface area contributed by atoms with Crippen LogP contribution in [0.4, 0.5) is 0 Å². The Kier molecular flexibility index (Phi) is 3.85. The topological polar surface area (TPSA) is 12.0 Å². The summed E-state index contributed by atoms with van der Waals surface area (Å²) in [5, 5.41) is 6.79. The van der Waals surface area contributed by atoms with Crippen LogP contribution in [0, 0.1) is 0 Å². The van der Waals surface area contributed by atoms with Gasteiger partial charge in [0.25, 0.3) is 0 Å². The fourth-order valence-electron chi connectivity index (χ4n) is 1.87. The first-order valence-electron chi connectivity index (χ1n) is 5.57. The van der Waals surface area contributed by atoms with E-state index in [0.717, 1.165) is 6.54 Å². The largest absolute Gasteiger partial charge is 0.313 e. The van der Waals surface area contributed by atoms with Crippen LogP contribution < -0.4 is 5.32 Å². The average molecular weight is 254 g/mol. The number of hydrogen-bond donors (Lipinski definition) is 1. The van der Waals surface area contributed by atoms with Gasteiger partial charge in [-0.05, 0) is 48.0 Å². The van der Waals surface area contributed by atoms with Crippen molar-refractivity contribution in [3.8, 4) is 0 Å². The van der Waals surface area contributed by atoms with E-state index in [1.165, 1.54) is 15.6 Å². The van der Waals surface area contributed by atoms with Crippen LogP contribution >= 0.6 is 22.9 Å². The molecule has 0 saturated carbocycles. The molecule has 1 N–H and O–H groups in total. The number of alkyl halides is 1. The van der Waals surface area contributed by atoms with Gasteiger partial charge in [0.05, 0.1) is 5.38 Å². The quantitative estimate of drug-likeness (QED) is 0.806. The zero-order valence-corrected chi connectivity index (χ0v) is 11.1. The summed E-state index contributed by atoms with van der Waals surface area (Å²) in [6.45, 7) is 5.17. The van der Waals surface area contributed by atoms with Crippen LogP contribution in [0.1, 0.15) is 24.8 Å². The molecule has 2 aromatic rings. The van der Waals surface area contributed by atoms with Gasteiger partial charge in [0.1, 0.15) is 0 Å². The second kappa shape index (κ2) is 5.17. The van der Waals surface area contributed by atoms with Crippen molar-refractivity contribution in [2.45, 2.75) is 25.3 Å². The van der Waals surface area contributed by atoms with Crippen LogP contribution in [0.3, 0.4) is 0 Å². The highest BCUT2D eigenvalue weighted by Crippen LogP contribution is 2.29. The molecule has 1 aromatic carbocycles. The number of benzene rings is 1. The highest BCUT2D eigenvalue weighted by Gasteiger charge is 2.15. The molecule has 2 atom stereocenters. The van der Waals surface area contributed by atoms with E-state index in [2.05, 4.69) is 48.8 Å². The van der Waals surface area contributed by atoms with Crippen LogP contribution in [0.2, 0.25) is 0 Å². The van der Waals surface area contributed by atoms with Crippen molar-refractivity contribution in [3.05, 3.63) is 35.2 Å². The van der Waals surface area contributed by atoms with Crippen molar-refractivity contribution < 1.29 is 0 Å². The van der Waals surface area contributed by atoms with Crippen molar-refractivity contribution in [2.75, 3.05) is 6.54 Å². The summed E-state index contributed by atoms with van der Waals surface area (Å²) in [4.78, 5) is 0. The maximum absolute atomic E-state index is 6.44. The molecular formula is C13H16ClNS. The van der Waals surface area contributed by atoms with Crippen molar-refractivity contribution in [1.29, 1.82) is 0 Å². The van der Waals surface area contributed by atoms with Gasteiger partial charge in [-0.2, -0.15) is 0 Å². The molecule has 0 bridgehead atoms. The van der Waals surface area contributed by atoms with Gasteiger partial charge in [-0.3, -0.25) is 0 Å². The summed E-state index contributed by atoms with van der Waals surface area (Å²) < 4.78 is 1.32. The molecule has 0 aliphatic heterocycles. The first kappa shape index (κ1) is 11.9. The van der Waals surface area contributed by atoms with Gasteiger partial charge in [-0.25, -0.2) is 0 Å². The van der Waals surface area contributed by atoms with E-state index in [9.17, 15) is 0 Å². The van der Waals surface area contributed by atoms with E-state index in [1.807, 2.05) is 0 Å². The van der Waals surface area contributed by atoms with Crippen LogP contribution in [0.25, 0.3) is 10.1 Å². The van der Waals surface area contributed by atoms with Crippen molar-refractivity contribution in [3.63, 3.8) is 0 Å². The number of hydrogen-bond acceptors (Lipinski definition) is 2. The lowest BCUT2D eigenvalue weighted by atomic mass is 10.1. The van der Waals surface area contributed by atoms with Crippen LogP contribution in [0.15, 0.2) is 29.6 Å². The Morgan fingerprint density at radius 1 is 1.38 bits per heavy atom. The number of rotatable bonds is 4. The summed E-state index contributed by atoms with van der Waals surface area (Å²) >= 11 is 8.21. The summed E-state index contributed by atoms with van der Waals surface area (Å²) in [7, 11) is 0. The normalized spacial score (nSPS) is 15.2. The summed E-state index contributed by atoms with van der Waals surface area (Å²) in [6, 6.07) is 8.92. The van der Waals surface area contributed by atoms with E-state index in [4.69, 9.17) is 11.6 Å². The van der Waals surface area contributed by atoms with Crippen molar-refractivity contribution in [2.24, 2.45) is 0 Å². The second-order valence-corrected chi connectivity index (χ2v) is 5.38. The lowest BCUT2D eigenvalue weighted by Crippen LogP contribution is -2.29. The second-order valence-electron chi connectivity index (χ2n) is 3.97. The maximum atomic E-state index is 6.44. The van der Waals surface area contributed by atoms with E-state index >= 15 is 0 Å². The predicted molar refractivity (Wildman–Crippen MR) is 73.6 cm³/mol. The Labute approximate surface area is 105 Å². The highest BCUT2D eigenvalue weighted by atomic mass is 35.5. The molecule has 16 heavy (non-hydrogen) atoms. The smallest absolute Gasteiger partial charge is 0.0735 e. The minimum absolute atomic E-state index is 0.0317. The lowest BCUT2D eigenvalue weighted by molar-refractivity contribution is 0.552. The van der Waals surface area contributed by atoms with Gasteiger partial charge in [0, 0.05) is 10.7 Å². The third kappa shape index (κ3) is 2.40. The van der Waals surface area contributed by atoms with E-state index in [1.54, 1.807) is 11.3 Å². The molecule has 0 fully saturated rings. The zero-order chi connectivity index (χ0) is 11.5. The predicted octanol–water partition coefficient (Wildman–Crippen LogP) is 4.18. The fourth-order valence-corrected chi connectivity index (χ4v) is 2.87. The standard InChI is InChI=1S/C13H16ClNS/c1-3-15-9(2)13(14)11-4-5-12-10(8-11)6-7-16-12/h4-9,13,15H,3H2,1-2H3. The molecule has 1 heterocycles. The molecule has 0 aliphatic rings. The van der Waals surface area contributed by atoms with Crippen molar-refractivity contribution >= 4 is 33.0 Å². The number of fused-ring (bicyclic) bond motifs is 1. The molecule has 1 nitrogen and oxygen atoms in total. The fraction of sp³-hybridized carbons (Fsp3) is 0.385. The minimum Gasteiger partial charge on any atom is -0.313 e. The SMILES string of the molecule is CCNC(C)C(Cl)c1ccc2sccc2c1. The molecule has 0 spiro atoms. The lowest BCUT2D eigenvalue weighted by Gasteiger charge is -2.19. The van der Waals surface area contributed by atoms with Crippen LogP contribution in [-0.4, -0.2) is 12.6 Å². The molecular weight excluding hydrogens is 238 g/mol. The maximum Gasteiger partial charge on any atom is 0.0735 e. The molecule has 0 aliphatic carbocycles. The molecule has 1 aromatic heterocycles. The van der Waals surface area contributed by atoms with Gasteiger partial charge in [0.2, 0.25) is 0 Å².